The number of aliphatic hydroxyl groups excluding tert-OH is 1. The Balaban J connectivity index is 2.34. The molecule has 14 heavy (non-hydrogen) atoms. The first-order chi connectivity index (χ1) is 6.79. The van der Waals surface area contributed by atoms with Crippen LogP contribution in [0.25, 0.3) is 10.4 Å². The molecule has 0 radical (unpaired) electrons. The molecule has 1 nitrogen and oxygen atoms in total. The summed E-state index contributed by atoms with van der Waals surface area (Å²) in [4.78, 5) is 2.20. The number of benzene rings is 1. The molecule has 0 bridgehead atoms. The standard InChI is InChI=1S/C11H9BrOS/c12-9-3-1-8(2-4-9)11-6-5-10(7-13)14-11/h1-6,13H,7H2. The number of aliphatic hydroxyl groups is 1. The number of rotatable bonds is 2. The van der Waals surface area contributed by atoms with Crippen molar-refractivity contribution in [1.82, 2.24) is 0 Å². The van der Waals surface area contributed by atoms with Crippen molar-refractivity contribution in [3.8, 4) is 10.4 Å². The number of hydrogen-bond donors (Lipinski definition) is 1. The smallest absolute Gasteiger partial charge is 0.0774 e. The molecule has 0 atom stereocenters. The predicted molar refractivity (Wildman–Crippen MR) is 63.4 cm³/mol. The van der Waals surface area contributed by atoms with Gasteiger partial charge in [0.1, 0.15) is 0 Å². The summed E-state index contributed by atoms with van der Waals surface area (Å²) in [5.74, 6) is 0. The monoisotopic (exact) mass is 268 g/mol. The van der Waals surface area contributed by atoms with Gasteiger partial charge in [-0.05, 0) is 29.8 Å². The zero-order valence-corrected chi connectivity index (χ0v) is 9.81. The highest BCUT2D eigenvalue weighted by Crippen LogP contribution is 2.28. The predicted octanol–water partition coefficient (Wildman–Crippen LogP) is 3.67. The summed E-state index contributed by atoms with van der Waals surface area (Å²) in [5, 5.41) is 8.94. The van der Waals surface area contributed by atoms with Crippen molar-refractivity contribution < 1.29 is 5.11 Å². The number of hydrogen-bond acceptors (Lipinski definition) is 2. The van der Waals surface area contributed by atoms with E-state index in [0.29, 0.717) is 0 Å². The first-order valence-electron chi connectivity index (χ1n) is 4.25. The third kappa shape index (κ3) is 2.05. The SMILES string of the molecule is OCc1ccc(-c2ccc(Br)cc2)s1. The van der Waals surface area contributed by atoms with E-state index in [1.807, 2.05) is 24.3 Å². The molecule has 1 aromatic heterocycles. The van der Waals surface area contributed by atoms with Gasteiger partial charge in [0.15, 0.2) is 0 Å². The van der Waals surface area contributed by atoms with Crippen molar-refractivity contribution in [2.24, 2.45) is 0 Å². The molecule has 0 unspecified atom stereocenters. The van der Waals surface area contributed by atoms with E-state index in [4.69, 9.17) is 5.11 Å². The molecule has 2 aromatic rings. The van der Waals surface area contributed by atoms with E-state index in [0.717, 1.165) is 9.35 Å². The van der Waals surface area contributed by atoms with Crippen LogP contribution in [0.15, 0.2) is 40.9 Å². The van der Waals surface area contributed by atoms with Crippen LogP contribution in [0, 0.1) is 0 Å². The molecular weight excluding hydrogens is 260 g/mol. The minimum absolute atomic E-state index is 0.126. The van der Waals surface area contributed by atoms with Crippen molar-refractivity contribution in [3.05, 3.63) is 45.7 Å². The Morgan fingerprint density at radius 2 is 1.79 bits per heavy atom. The lowest BCUT2D eigenvalue weighted by Crippen LogP contribution is -1.71. The Morgan fingerprint density at radius 3 is 2.36 bits per heavy atom. The number of thiophene rings is 1. The Morgan fingerprint density at radius 1 is 1.07 bits per heavy atom. The van der Waals surface area contributed by atoms with Crippen LogP contribution < -0.4 is 0 Å². The number of halogens is 1. The minimum atomic E-state index is 0.126. The summed E-state index contributed by atoms with van der Waals surface area (Å²) in [6, 6.07) is 12.2. The van der Waals surface area contributed by atoms with E-state index < -0.39 is 0 Å². The summed E-state index contributed by atoms with van der Waals surface area (Å²) in [7, 11) is 0. The van der Waals surface area contributed by atoms with Gasteiger partial charge in [-0.15, -0.1) is 11.3 Å². The molecule has 72 valence electrons. The molecule has 0 aliphatic carbocycles. The maximum Gasteiger partial charge on any atom is 0.0774 e. The van der Waals surface area contributed by atoms with E-state index >= 15 is 0 Å². The van der Waals surface area contributed by atoms with E-state index in [-0.39, 0.29) is 6.61 Å². The van der Waals surface area contributed by atoms with Gasteiger partial charge in [-0.3, -0.25) is 0 Å². The lowest BCUT2D eigenvalue weighted by atomic mass is 10.2. The van der Waals surface area contributed by atoms with Crippen molar-refractivity contribution in [2.75, 3.05) is 0 Å². The zero-order valence-electron chi connectivity index (χ0n) is 7.40. The Labute approximate surface area is 95.2 Å². The normalized spacial score (nSPS) is 10.4. The molecule has 1 heterocycles. The van der Waals surface area contributed by atoms with Crippen molar-refractivity contribution in [3.63, 3.8) is 0 Å². The molecule has 0 amide bonds. The molecule has 0 saturated carbocycles. The van der Waals surface area contributed by atoms with E-state index in [1.165, 1.54) is 10.4 Å². The van der Waals surface area contributed by atoms with E-state index in [2.05, 4.69) is 28.1 Å². The molecule has 0 aliphatic rings. The summed E-state index contributed by atoms with van der Waals surface area (Å²) < 4.78 is 1.08. The van der Waals surface area contributed by atoms with Crippen LogP contribution in [0.1, 0.15) is 4.88 Å². The van der Waals surface area contributed by atoms with Crippen molar-refractivity contribution in [1.29, 1.82) is 0 Å². The fourth-order valence-corrected chi connectivity index (χ4v) is 2.37. The van der Waals surface area contributed by atoms with Gasteiger partial charge in [-0.2, -0.15) is 0 Å². The molecule has 0 spiro atoms. The van der Waals surface area contributed by atoms with Gasteiger partial charge >= 0.3 is 0 Å². The van der Waals surface area contributed by atoms with Gasteiger partial charge in [0.25, 0.3) is 0 Å². The molecule has 3 heteroatoms. The molecule has 0 saturated heterocycles. The van der Waals surface area contributed by atoms with Gasteiger partial charge < -0.3 is 5.11 Å². The Kier molecular flexibility index (Phi) is 3.01. The summed E-state index contributed by atoms with van der Waals surface area (Å²) in [6.07, 6.45) is 0. The maximum atomic E-state index is 8.94. The van der Waals surface area contributed by atoms with Gasteiger partial charge in [0.2, 0.25) is 0 Å². The lowest BCUT2D eigenvalue weighted by molar-refractivity contribution is 0.285. The second kappa shape index (κ2) is 4.26. The van der Waals surface area contributed by atoms with Gasteiger partial charge in [-0.25, -0.2) is 0 Å². The van der Waals surface area contributed by atoms with Crippen LogP contribution in [0.4, 0.5) is 0 Å². The van der Waals surface area contributed by atoms with Crippen LogP contribution in [-0.2, 0) is 6.61 Å². The van der Waals surface area contributed by atoms with Gasteiger partial charge in [0.05, 0.1) is 6.61 Å². The molecule has 1 N–H and O–H groups in total. The van der Waals surface area contributed by atoms with Crippen molar-refractivity contribution >= 4 is 27.3 Å². The van der Waals surface area contributed by atoms with Crippen LogP contribution in [0.2, 0.25) is 0 Å². The lowest BCUT2D eigenvalue weighted by Gasteiger charge is -1.96. The molecule has 0 fully saturated rings. The maximum absolute atomic E-state index is 8.94. The first kappa shape index (κ1) is 9.90. The average molecular weight is 269 g/mol. The minimum Gasteiger partial charge on any atom is -0.391 e. The Bertz CT molecular complexity index is 419. The van der Waals surface area contributed by atoms with Crippen LogP contribution in [-0.4, -0.2) is 5.11 Å². The van der Waals surface area contributed by atoms with Crippen LogP contribution in [0.3, 0.4) is 0 Å². The molecule has 2 rings (SSSR count). The second-order valence-electron chi connectivity index (χ2n) is 2.93. The summed E-state index contributed by atoms with van der Waals surface area (Å²) >= 11 is 5.03. The highest BCUT2D eigenvalue weighted by molar-refractivity contribution is 9.10. The fraction of sp³-hybridized carbons (Fsp3) is 0.0909. The largest absolute Gasteiger partial charge is 0.391 e. The summed E-state index contributed by atoms with van der Waals surface area (Å²) in [6.45, 7) is 0.126. The van der Waals surface area contributed by atoms with E-state index in [9.17, 15) is 0 Å². The zero-order chi connectivity index (χ0) is 9.97. The average Bonchev–Trinajstić information content (AvgIpc) is 2.67. The van der Waals surface area contributed by atoms with E-state index in [1.54, 1.807) is 11.3 Å². The molecule has 0 aliphatic heterocycles. The highest BCUT2D eigenvalue weighted by Gasteiger charge is 2.01. The summed E-state index contributed by atoms with van der Waals surface area (Å²) in [5.41, 5.74) is 1.19. The van der Waals surface area contributed by atoms with Gasteiger partial charge in [0, 0.05) is 14.2 Å². The quantitative estimate of drug-likeness (QED) is 0.881. The topological polar surface area (TPSA) is 20.2 Å². The highest BCUT2D eigenvalue weighted by atomic mass is 79.9. The van der Waals surface area contributed by atoms with Crippen LogP contribution >= 0.6 is 27.3 Å². The fourth-order valence-electron chi connectivity index (χ4n) is 1.23. The first-order valence-corrected chi connectivity index (χ1v) is 5.86. The van der Waals surface area contributed by atoms with Crippen molar-refractivity contribution in [2.45, 2.75) is 6.61 Å². The van der Waals surface area contributed by atoms with Crippen LogP contribution in [0.5, 0.6) is 0 Å². The third-order valence-electron chi connectivity index (χ3n) is 1.95. The molecular formula is C11H9BrOS. The Hall–Kier alpha value is -0.640. The van der Waals surface area contributed by atoms with Gasteiger partial charge in [-0.1, -0.05) is 28.1 Å². The molecule has 1 aromatic carbocycles. The third-order valence-corrected chi connectivity index (χ3v) is 3.59. The second-order valence-corrected chi connectivity index (χ2v) is 5.01.